The summed E-state index contributed by atoms with van der Waals surface area (Å²) < 4.78 is 6.13. The molecule has 2 bridgehead atoms. The van der Waals surface area contributed by atoms with Crippen LogP contribution in [0.5, 0.6) is 0 Å². The molecule has 7 heteroatoms. The first kappa shape index (κ1) is 21.1. The van der Waals surface area contributed by atoms with E-state index in [0.717, 1.165) is 23.7 Å². The molecule has 0 aliphatic heterocycles. The van der Waals surface area contributed by atoms with Crippen LogP contribution in [-0.2, 0) is 14.3 Å². The molecule has 4 atom stereocenters. The van der Waals surface area contributed by atoms with Crippen molar-refractivity contribution in [3.05, 3.63) is 63.6 Å². The molecule has 2 aromatic carbocycles. The van der Waals surface area contributed by atoms with E-state index >= 15 is 0 Å². The van der Waals surface area contributed by atoms with E-state index in [0.29, 0.717) is 16.3 Å². The lowest BCUT2D eigenvalue weighted by molar-refractivity contribution is -0.154. The second kappa shape index (κ2) is 8.90. The maximum Gasteiger partial charge on any atom is 0.310 e. The predicted molar refractivity (Wildman–Crippen MR) is 117 cm³/mol. The van der Waals surface area contributed by atoms with E-state index in [-0.39, 0.29) is 23.5 Å². The van der Waals surface area contributed by atoms with Crippen LogP contribution < -0.4 is 5.32 Å². The molecule has 1 amide bonds. The molecule has 5 nitrogen and oxygen atoms in total. The minimum atomic E-state index is -0.486. The molecule has 30 heavy (non-hydrogen) atoms. The largest absolute Gasteiger partial charge is 0.455 e. The average molecular weight is 491 g/mol. The number of Topliss-reactive ketones (excluding diaryl/α,β-unsaturated/α-hetero) is 1. The van der Waals surface area contributed by atoms with Gasteiger partial charge >= 0.3 is 5.97 Å². The molecule has 2 aliphatic rings. The molecule has 0 spiro atoms. The van der Waals surface area contributed by atoms with Gasteiger partial charge in [-0.2, -0.15) is 0 Å². The van der Waals surface area contributed by atoms with Gasteiger partial charge in [-0.3, -0.25) is 14.4 Å². The number of amides is 1. The normalized spacial score (nSPS) is 24.5. The highest BCUT2D eigenvalue weighted by atomic mass is 79.9. The van der Waals surface area contributed by atoms with E-state index in [9.17, 15) is 14.4 Å². The second-order valence-corrected chi connectivity index (χ2v) is 9.22. The van der Waals surface area contributed by atoms with Crippen LogP contribution in [0.1, 0.15) is 29.6 Å². The predicted octanol–water partition coefficient (Wildman–Crippen LogP) is 5.13. The first-order chi connectivity index (χ1) is 14.4. The van der Waals surface area contributed by atoms with Crippen LogP contribution in [0.2, 0.25) is 5.02 Å². The van der Waals surface area contributed by atoms with E-state index in [2.05, 4.69) is 21.2 Å². The van der Waals surface area contributed by atoms with Crippen LogP contribution >= 0.6 is 27.5 Å². The van der Waals surface area contributed by atoms with Crippen molar-refractivity contribution in [2.75, 3.05) is 11.9 Å². The van der Waals surface area contributed by atoms with Gasteiger partial charge < -0.3 is 10.1 Å². The van der Waals surface area contributed by atoms with E-state index in [1.807, 2.05) is 18.2 Å². The van der Waals surface area contributed by atoms with Crippen LogP contribution in [0.3, 0.4) is 0 Å². The molecule has 0 radical (unpaired) electrons. The molecule has 0 heterocycles. The third kappa shape index (κ3) is 4.30. The Morgan fingerprint density at radius 2 is 1.73 bits per heavy atom. The van der Waals surface area contributed by atoms with Gasteiger partial charge in [-0.1, -0.05) is 57.9 Å². The van der Waals surface area contributed by atoms with Crippen molar-refractivity contribution < 1.29 is 19.1 Å². The fourth-order valence-electron chi connectivity index (χ4n) is 4.81. The van der Waals surface area contributed by atoms with Crippen molar-refractivity contribution in [2.45, 2.75) is 19.3 Å². The number of carbonyl (C=O) groups is 3. The molecule has 0 unspecified atom stereocenters. The van der Waals surface area contributed by atoms with Crippen molar-refractivity contribution in [2.24, 2.45) is 23.7 Å². The number of hydrogen-bond donors (Lipinski definition) is 1. The summed E-state index contributed by atoms with van der Waals surface area (Å²) in [5.41, 5.74) is 1.06. The zero-order valence-electron chi connectivity index (χ0n) is 16.1. The Kier molecular flexibility index (Phi) is 6.25. The molecule has 1 N–H and O–H groups in total. The quantitative estimate of drug-likeness (QED) is 0.450. The summed E-state index contributed by atoms with van der Waals surface area (Å²) in [4.78, 5) is 38.2. The SMILES string of the molecule is O=C(COC(=O)[C@@H]1[C@H]2CC[C@@H](C2)[C@H]1C(=O)c1ccccc1)Nc1ccc(Br)cc1Cl. The molecule has 2 aromatic rings. The van der Waals surface area contributed by atoms with Crippen molar-refractivity contribution in [3.63, 3.8) is 0 Å². The lowest BCUT2D eigenvalue weighted by Gasteiger charge is -2.28. The number of fused-ring (bicyclic) bond motifs is 2. The van der Waals surface area contributed by atoms with E-state index in [1.54, 1.807) is 30.3 Å². The number of benzene rings is 2. The molecular weight excluding hydrogens is 470 g/mol. The zero-order chi connectivity index (χ0) is 21.3. The minimum absolute atomic E-state index is 0.00385. The van der Waals surface area contributed by atoms with Crippen LogP contribution in [0, 0.1) is 23.7 Å². The van der Waals surface area contributed by atoms with Crippen molar-refractivity contribution in [1.29, 1.82) is 0 Å². The summed E-state index contributed by atoms with van der Waals surface area (Å²) in [5.74, 6) is -1.45. The molecule has 2 saturated carbocycles. The van der Waals surface area contributed by atoms with Crippen molar-refractivity contribution in [3.8, 4) is 0 Å². The van der Waals surface area contributed by atoms with Gasteiger partial charge in [-0.25, -0.2) is 0 Å². The summed E-state index contributed by atoms with van der Waals surface area (Å²) in [7, 11) is 0. The Labute approximate surface area is 188 Å². The van der Waals surface area contributed by atoms with E-state index in [4.69, 9.17) is 16.3 Å². The maximum atomic E-state index is 13.1. The Bertz CT molecular complexity index is 980. The van der Waals surface area contributed by atoms with Gasteiger partial charge in [0.2, 0.25) is 0 Å². The van der Waals surface area contributed by atoms with Gasteiger partial charge in [-0.15, -0.1) is 0 Å². The molecule has 4 rings (SSSR count). The summed E-state index contributed by atoms with van der Waals surface area (Å²) in [6, 6.07) is 14.2. The first-order valence-electron chi connectivity index (χ1n) is 9.95. The molecule has 0 saturated heterocycles. The van der Waals surface area contributed by atoms with Gasteiger partial charge in [0, 0.05) is 16.0 Å². The Morgan fingerprint density at radius 1 is 1.03 bits per heavy atom. The van der Waals surface area contributed by atoms with Gasteiger partial charge in [0.1, 0.15) is 0 Å². The lowest BCUT2D eigenvalue weighted by Crippen LogP contribution is -2.37. The van der Waals surface area contributed by atoms with E-state index < -0.39 is 24.4 Å². The molecule has 156 valence electrons. The average Bonchev–Trinajstić information content (AvgIpc) is 3.36. The fourth-order valence-corrected chi connectivity index (χ4v) is 5.53. The first-order valence-corrected chi connectivity index (χ1v) is 11.1. The summed E-state index contributed by atoms with van der Waals surface area (Å²) in [6.07, 6.45) is 2.74. The summed E-state index contributed by atoms with van der Waals surface area (Å²) in [5, 5.41) is 3.02. The number of anilines is 1. The number of carbonyl (C=O) groups excluding carboxylic acids is 3. The van der Waals surface area contributed by atoms with Crippen molar-refractivity contribution in [1.82, 2.24) is 0 Å². The number of esters is 1. The van der Waals surface area contributed by atoms with Crippen LogP contribution in [-0.4, -0.2) is 24.3 Å². The molecule has 0 aromatic heterocycles. The van der Waals surface area contributed by atoms with E-state index in [1.165, 1.54) is 0 Å². The zero-order valence-corrected chi connectivity index (χ0v) is 18.5. The molecule has 2 aliphatic carbocycles. The third-order valence-corrected chi connectivity index (χ3v) is 6.91. The number of nitrogens with one attached hydrogen (secondary N) is 1. The van der Waals surface area contributed by atoms with Crippen LogP contribution in [0.4, 0.5) is 5.69 Å². The number of hydrogen-bond acceptors (Lipinski definition) is 4. The van der Waals surface area contributed by atoms with Gasteiger partial charge in [0.15, 0.2) is 12.4 Å². The highest BCUT2D eigenvalue weighted by Gasteiger charge is 2.54. The number of ketones is 1. The van der Waals surface area contributed by atoms with Crippen molar-refractivity contribution >= 4 is 50.9 Å². The number of halogens is 2. The third-order valence-electron chi connectivity index (χ3n) is 6.10. The second-order valence-electron chi connectivity index (χ2n) is 7.90. The summed E-state index contributed by atoms with van der Waals surface area (Å²) in [6.45, 7) is -0.411. The van der Waals surface area contributed by atoms with Crippen LogP contribution in [0.15, 0.2) is 53.0 Å². The smallest absolute Gasteiger partial charge is 0.310 e. The summed E-state index contributed by atoms with van der Waals surface area (Å²) >= 11 is 9.41. The Morgan fingerprint density at radius 3 is 2.43 bits per heavy atom. The molecule has 2 fully saturated rings. The van der Waals surface area contributed by atoms with Gasteiger partial charge in [0.05, 0.1) is 16.6 Å². The Hall–Kier alpha value is -2.18. The highest BCUT2D eigenvalue weighted by molar-refractivity contribution is 9.10. The Balaban J connectivity index is 1.40. The topological polar surface area (TPSA) is 72.5 Å². The number of ether oxygens (including phenoxy) is 1. The monoisotopic (exact) mass is 489 g/mol. The fraction of sp³-hybridized carbons (Fsp3) is 0.348. The minimum Gasteiger partial charge on any atom is -0.455 e. The maximum absolute atomic E-state index is 13.1. The van der Waals surface area contributed by atoms with Crippen LogP contribution in [0.25, 0.3) is 0 Å². The highest BCUT2D eigenvalue weighted by Crippen LogP contribution is 2.53. The van der Waals surface area contributed by atoms with Gasteiger partial charge in [0.25, 0.3) is 5.91 Å². The van der Waals surface area contributed by atoms with Gasteiger partial charge in [-0.05, 0) is 49.3 Å². The lowest BCUT2D eigenvalue weighted by atomic mass is 9.75. The molecular formula is C23H21BrClNO4. The standard InChI is InChI=1S/C23H21BrClNO4/c24-16-8-9-18(17(25)11-16)26-19(27)12-30-23(29)21-15-7-6-14(10-15)20(21)22(28)13-4-2-1-3-5-13/h1-5,8-9,11,14-15,20-21H,6-7,10,12H2,(H,26,27)/t14-,15-,20+,21+/m0/s1. The number of rotatable bonds is 6.